The van der Waals surface area contributed by atoms with Gasteiger partial charge in [-0.2, -0.15) is 0 Å². The number of aliphatic hydroxyl groups excluding tert-OH is 1. The fourth-order valence-electron chi connectivity index (χ4n) is 1.88. The molecule has 0 amide bonds. The van der Waals surface area contributed by atoms with E-state index in [0.29, 0.717) is 16.2 Å². The first-order chi connectivity index (χ1) is 9.52. The topological polar surface area (TPSA) is 29.5 Å². The average molecular weight is 296 g/mol. The van der Waals surface area contributed by atoms with Crippen molar-refractivity contribution in [2.45, 2.75) is 22.8 Å². The number of rotatable bonds is 4. The molecule has 2 aromatic rings. The summed E-state index contributed by atoms with van der Waals surface area (Å²) in [7, 11) is 1.50. The Kier molecular flexibility index (Phi) is 4.62. The number of hydrogen-bond acceptors (Lipinski definition) is 3. The SMILES string of the molecule is COc1cccc(Sc2cc(F)ccc2F)c1C(C)O. The molecule has 1 N–H and O–H groups in total. The van der Waals surface area contributed by atoms with Crippen molar-refractivity contribution in [2.24, 2.45) is 0 Å². The highest BCUT2D eigenvalue weighted by Crippen LogP contribution is 2.39. The van der Waals surface area contributed by atoms with Crippen molar-refractivity contribution >= 4 is 11.8 Å². The van der Waals surface area contributed by atoms with Crippen LogP contribution in [0.3, 0.4) is 0 Å². The zero-order valence-electron chi connectivity index (χ0n) is 11.1. The van der Waals surface area contributed by atoms with Crippen molar-refractivity contribution in [3.05, 3.63) is 53.6 Å². The van der Waals surface area contributed by atoms with Crippen LogP contribution in [0, 0.1) is 11.6 Å². The number of hydrogen-bond donors (Lipinski definition) is 1. The summed E-state index contributed by atoms with van der Waals surface area (Å²) in [5.41, 5.74) is 0.559. The summed E-state index contributed by atoms with van der Waals surface area (Å²) in [6.45, 7) is 1.60. The van der Waals surface area contributed by atoms with Crippen LogP contribution in [-0.4, -0.2) is 12.2 Å². The molecule has 0 bridgehead atoms. The van der Waals surface area contributed by atoms with Gasteiger partial charge in [-0.25, -0.2) is 8.78 Å². The molecule has 2 rings (SSSR count). The first kappa shape index (κ1) is 14.8. The minimum Gasteiger partial charge on any atom is -0.496 e. The lowest BCUT2D eigenvalue weighted by atomic mass is 10.1. The van der Waals surface area contributed by atoms with E-state index in [9.17, 15) is 13.9 Å². The minimum absolute atomic E-state index is 0.167. The number of halogens is 2. The van der Waals surface area contributed by atoms with E-state index < -0.39 is 17.7 Å². The van der Waals surface area contributed by atoms with E-state index in [1.54, 1.807) is 25.1 Å². The monoisotopic (exact) mass is 296 g/mol. The molecule has 2 aromatic carbocycles. The number of ether oxygens (including phenoxy) is 1. The van der Waals surface area contributed by atoms with Gasteiger partial charge in [0.25, 0.3) is 0 Å². The molecule has 0 fully saturated rings. The van der Waals surface area contributed by atoms with Crippen LogP contribution in [0.25, 0.3) is 0 Å². The van der Waals surface area contributed by atoms with E-state index in [2.05, 4.69) is 0 Å². The van der Waals surface area contributed by atoms with Crippen LogP contribution in [0.5, 0.6) is 5.75 Å². The molecule has 2 nitrogen and oxygen atoms in total. The van der Waals surface area contributed by atoms with Gasteiger partial charge >= 0.3 is 0 Å². The van der Waals surface area contributed by atoms with Crippen molar-refractivity contribution in [3.63, 3.8) is 0 Å². The summed E-state index contributed by atoms with van der Waals surface area (Å²) in [4.78, 5) is 0.795. The van der Waals surface area contributed by atoms with Gasteiger partial charge in [-0.05, 0) is 37.3 Å². The van der Waals surface area contributed by atoms with E-state index in [1.807, 2.05) is 0 Å². The quantitative estimate of drug-likeness (QED) is 0.918. The predicted octanol–water partition coefficient (Wildman–Crippen LogP) is 4.18. The Morgan fingerprint density at radius 1 is 1.15 bits per heavy atom. The molecule has 20 heavy (non-hydrogen) atoms. The first-order valence-corrected chi connectivity index (χ1v) is 6.82. The Balaban J connectivity index is 2.45. The molecular formula is C15H14F2O2S. The summed E-state index contributed by atoms with van der Waals surface area (Å²) in [6.07, 6.45) is -0.773. The van der Waals surface area contributed by atoms with Crippen LogP contribution in [0.1, 0.15) is 18.6 Å². The van der Waals surface area contributed by atoms with Crippen molar-refractivity contribution < 1.29 is 18.6 Å². The molecule has 0 heterocycles. The number of aliphatic hydroxyl groups is 1. The maximum atomic E-state index is 13.7. The fraction of sp³-hybridized carbons (Fsp3) is 0.200. The summed E-state index contributed by atoms with van der Waals surface area (Å²) in [5, 5.41) is 9.86. The van der Waals surface area contributed by atoms with Gasteiger partial charge < -0.3 is 9.84 Å². The molecule has 0 aliphatic rings. The molecule has 106 valence electrons. The van der Waals surface area contributed by atoms with E-state index in [-0.39, 0.29) is 4.90 Å². The highest BCUT2D eigenvalue weighted by atomic mass is 32.2. The van der Waals surface area contributed by atoms with Crippen molar-refractivity contribution in [2.75, 3.05) is 7.11 Å². The molecule has 5 heteroatoms. The Morgan fingerprint density at radius 2 is 1.90 bits per heavy atom. The molecule has 1 atom stereocenters. The maximum absolute atomic E-state index is 13.7. The summed E-state index contributed by atoms with van der Waals surface area (Å²) < 4.78 is 32.1. The van der Waals surface area contributed by atoms with Crippen molar-refractivity contribution in [1.82, 2.24) is 0 Å². The molecule has 0 aliphatic heterocycles. The lowest BCUT2D eigenvalue weighted by Gasteiger charge is -2.15. The van der Waals surface area contributed by atoms with Gasteiger partial charge in [0, 0.05) is 10.5 Å². The normalized spacial score (nSPS) is 12.2. The molecule has 0 spiro atoms. The fourth-order valence-corrected chi connectivity index (χ4v) is 2.98. The second kappa shape index (κ2) is 6.24. The van der Waals surface area contributed by atoms with Crippen LogP contribution in [0.15, 0.2) is 46.2 Å². The van der Waals surface area contributed by atoms with Crippen LogP contribution >= 0.6 is 11.8 Å². The third-order valence-corrected chi connectivity index (χ3v) is 3.89. The van der Waals surface area contributed by atoms with Crippen LogP contribution in [0.2, 0.25) is 0 Å². The second-order valence-electron chi connectivity index (χ2n) is 4.22. The lowest BCUT2D eigenvalue weighted by molar-refractivity contribution is 0.191. The van der Waals surface area contributed by atoms with Gasteiger partial charge in [0.15, 0.2) is 0 Å². The molecule has 1 unspecified atom stereocenters. The third-order valence-electron chi connectivity index (χ3n) is 2.78. The highest BCUT2D eigenvalue weighted by Gasteiger charge is 2.16. The summed E-state index contributed by atoms with van der Waals surface area (Å²) in [6, 6.07) is 8.48. The average Bonchev–Trinajstić information content (AvgIpc) is 2.42. The predicted molar refractivity (Wildman–Crippen MR) is 74.1 cm³/mol. The molecule has 0 saturated heterocycles. The van der Waals surface area contributed by atoms with E-state index in [0.717, 1.165) is 30.0 Å². The zero-order chi connectivity index (χ0) is 14.7. The van der Waals surface area contributed by atoms with Gasteiger partial charge in [0.05, 0.1) is 18.1 Å². The van der Waals surface area contributed by atoms with E-state index in [4.69, 9.17) is 4.74 Å². The van der Waals surface area contributed by atoms with Crippen molar-refractivity contribution in [3.8, 4) is 5.75 Å². The number of benzene rings is 2. The van der Waals surface area contributed by atoms with E-state index in [1.165, 1.54) is 7.11 Å². The lowest BCUT2D eigenvalue weighted by Crippen LogP contribution is -1.99. The van der Waals surface area contributed by atoms with Crippen LogP contribution in [-0.2, 0) is 0 Å². The second-order valence-corrected chi connectivity index (χ2v) is 5.31. The largest absolute Gasteiger partial charge is 0.496 e. The van der Waals surface area contributed by atoms with Crippen LogP contribution < -0.4 is 4.74 Å². The Morgan fingerprint density at radius 3 is 2.55 bits per heavy atom. The minimum atomic E-state index is -0.773. The Hall–Kier alpha value is -1.59. The third kappa shape index (κ3) is 3.11. The standard InChI is InChI=1S/C15H14F2O2S/c1-9(18)15-12(19-2)4-3-5-13(15)20-14-8-10(16)6-7-11(14)17/h3-9,18H,1-2H3. The Labute approximate surface area is 120 Å². The van der Waals surface area contributed by atoms with Gasteiger partial charge in [-0.15, -0.1) is 0 Å². The van der Waals surface area contributed by atoms with E-state index >= 15 is 0 Å². The number of methoxy groups -OCH3 is 1. The summed E-state index contributed by atoms with van der Waals surface area (Å²) >= 11 is 1.06. The van der Waals surface area contributed by atoms with Gasteiger partial charge in [-0.3, -0.25) is 0 Å². The molecule has 0 aromatic heterocycles. The van der Waals surface area contributed by atoms with Crippen LogP contribution in [0.4, 0.5) is 8.78 Å². The smallest absolute Gasteiger partial charge is 0.137 e. The van der Waals surface area contributed by atoms with Gasteiger partial charge in [-0.1, -0.05) is 17.8 Å². The highest BCUT2D eigenvalue weighted by molar-refractivity contribution is 7.99. The van der Waals surface area contributed by atoms with Gasteiger partial charge in [0.2, 0.25) is 0 Å². The zero-order valence-corrected chi connectivity index (χ0v) is 11.9. The molecule has 0 radical (unpaired) electrons. The molecule has 0 aliphatic carbocycles. The molecule has 0 saturated carbocycles. The summed E-state index contributed by atoms with van der Waals surface area (Å²) in [5.74, 6) is -0.493. The first-order valence-electron chi connectivity index (χ1n) is 6.00. The molecular weight excluding hydrogens is 282 g/mol. The van der Waals surface area contributed by atoms with Gasteiger partial charge in [0.1, 0.15) is 17.4 Å². The van der Waals surface area contributed by atoms with Crippen molar-refractivity contribution in [1.29, 1.82) is 0 Å². The Bertz CT molecular complexity index is 615. The maximum Gasteiger partial charge on any atom is 0.137 e.